The van der Waals surface area contributed by atoms with E-state index in [0.29, 0.717) is 20.6 Å². The van der Waals surface area contributed by atoms with E-state index in [0.717, 1.165) is 11.5 Å². The maximum atomic E-state index is 11.9. The van der Waals surface area contributed by atoms with E-state index in [1.54, 1.807) is 6.92 Å². The zero-order chi connectivity index (χ0) is 14.9. The highest BCUT2D eigenvalue weighted by Crippen LogP contribution is 2.30. The number of aromatic nitrogens is 2. The molecule has 1 aromatic carbocycles. The van der Waals surface area contributed by atoms with Crippen molar-refractivity contribution in [2.75, 3.05) is 5.32 Å². The number of nitrogens with zero attached hydrogens (tertiary/aromatic N) is 2. The van der Waals surface area contributed by atoms with Gasteiger partial charge in [0, 0.05) is 15.2 Å². The predicted molar refractivity (Wildman–Crippen MR) is 79.8 cm³/mol. The zero-order valence-corrected chi connectivity index (χ0v) is 13.9. The third-order valence-corrected chi connectivity index (χ3v) is 5.14. The van der Waals surface area contributed by atoms with Crippen LogP contribution in [-0.4, -0.2) is 23.9 Å². The topological polar surface area (TPSA) is 89.0 Å². The number of nitrogens with one attached hydrogen (secondary N) is 1. The highest BCUT2D eigenvalue weighted by molar-refractivity contribution is 9.10. The Hall–Kier alpha value is -1.03. The summed E-state index contributed by atoms with van der Waals surface area (Å²) in [6, 6.07) is 2.86. The molecule has 2 rings (SSSR count). The molecule has 0 spiro atoms. The Labute approximate surface area is 131 Å². The van der Waals surface area contributed by atoms with Gasteiger partial charge < -0.3 is 5.32 Å². The van der Waals surface area contributed by atoms with Crippen LogP contribution < -0.4 is 5.32 Å². The second-order valence-electron chi connectivity index (χ2n) is 3.77. The highest BCUT2D eigenvalue weighted by atomic mass is 79.9. The summed E-state index contributed by atoms with van der Waals surface area (Å²) in [6.45, 7) is 1.59. The van der Waals surface area contributed by atoms with Gasteiger partial charge in [-0.05, 0) is 52.1 Å². The number of carbonyl (C=O) groups is 1. The van der Waals surface area contributed by atoms with Crippen LogP contribution in [0, 0.1) is 6.92 Å². The van der Waals surface area contributed by atoms with Crippen LogP contribution in [0.1, 0.15) is 15.2 Å². The normalized spacial score (nSPS) is 11.3. The molecule has 20 heavy (non-hydrogen) atoms. The molecule has 6 nitrogen and oxygen atoms in total. The fraction of sp³-hybridized carbons (Fsp3) is 0.100. The molecule has 0 radical (unpaired) electrons. The number of anilines is 1. The first-order valence-corrected chi connectivity index (χ1v) is 9.00. The standard InChI is InChI=1S/C10H7BrClN3O3S2/c1-5-2-7(6(11)3-9(5)20(12,17)18)14-10(16)8-4-13-15-19-8/h2-4H,1H3,(H,14,16). The fourth-order valence-corrected chi connectivity index (χ4v) is 3.68. The van der Waals surface area contributed by atoms with E-state index in [1.165, 1.54) is 18.3 Å². The molecule has 1 amide bonds. The van der Waals surface area contributed by atoms with Crippen LogP contribution in [0.3, 0.4) is 0 Å². The largest absolute Gasteiger partial charge is 0.320 e. The molecule has 0 atom stereocenters. The van der Waals surface area contributed by atoms with Crippen molar-refractivity contribution >= 4 is 58.8 Å². The Balaban J connectivity index is 2.35. The number of hydrogen-bond acceptors (Lipinski definition) is 6. The summed E-state index contributed by atoms with van der Waals surface area (Å²) in [7, 11) is 1.49. The van der Waals surface area contributed by atoms with Crippen LogP contribution in [0.25, 0.3) is 0 Å². The van der Waals surface area contributed by atoms with E-state index in [2.05, 4.69) is 30.8 Å². The van der Waals surface area contributed by atoms with Crippen LogP contribution in [-0.2, 0) is 9.05 Å². The van der Waals surface area contributed by atoms with Gasteiger partial charge in [-0.1, -0.05) is 4.49 Å². The zero-order valence-electron chi connectivity index (χ0n) is 9.92. The van der Waals surface area contributed by atoms with Gasteiger partial charge in [0.15, 0.2) is 0 Å². The molecule has 0 bridgehead atoms. The molecule has 0 saturated heterocycles. The Kier molecular flexibility index (Phi) is 4.43. The molecule has 0 aliphatic heterocycles. The highest BCUT2D eigenvalue weighted by Gasteiger charge is 2.17. The lowest BCUT2D eigenvalue weighted by Gasteiger charge is -2.10. The minimum atomic E-state index is -3.83. The average molecular weight is 397 g/mol. The van der Waals surface area contributed by atoms with E-state index in [-0.39, 0.29) is 10.8 Å². The van der Waals surface area contributed by atoms with Crippen LogP contribution >= 0.6 is 38.1 Å². The van der Waals surface area contributed by atoms with E-state index in [4.69, 9.17) is 10.7 Å². The minimum absolute atomic E-state index is 0.0107. The molecule has 2 aromatic rings. The quantitative estimate of drug-likeness (QED) is 0.806. The van der Waals surface area contributed by atoms with Gasteiger partial charge in [-0.3, -0.25) is 4.79 Å². The van der Waals surface area contributed by atoms with E-state index in [9.17, 15) is 13.2 Å². The fourth-order valence-electron chi connectivity index (χ4n) is 1.47. The minimum Gasteiger partial charge on any atom is -0.320 e. The SMILES string of the molecule is Cc1cc(NC(=O)c2cnns2)c(Br)cc1S(=O)(=O)Cl. The first-order chi connectivity index (χ1) is 9.29. The van der Waals surface area contributed by atoms with Gasteiger partial charge in [-0.2, -0.15) is 0 Å². The summed E-state index contributed by atoms with van der Waals surface area (Å²) in [4.78, 5) is 12.2. The second-order valence-corrected chi connectivity index (χ2v) is 7.95. The number of carbonyl (C=O) groups excluding carboxylic acids is 1. The van der Waals surface area contributed by atoms with Crippen molar-refractivity contribution in [2.45, 2.75) is 11.8 Å². The molecular formula is C10H7BrClN3O3S2. The summed E-state index contributed by atoms with van der Waals surface area (Å²) >= 11 is 4.16. The van der Waals surface area contributed by atoms with Gasteiger partial charge in [0.1, 0.15) is 4.88 Å². The number of benzene rings is 1. The van der Waals surface area contributed by atoms with Crippen molar-refractivity contribution in [2.24, 2.45) is 0 Å². The van der Waals surface area contributed by atoms with Gasteiger partial charge in [0.25, 0.3) is 15.0 Å². The van der Waals surface area contributed by atoms with Gasteiger partial charge in [0.2, 0.25) is 0 Å². The lowest BCUT2D eigenvalue weighted by molar-refractivity contribution is 0.103. The monoisotopic (exact) mass is 395 g/mol. The molecule has 1 heterocycles. The molecule has 0 unspecified atom stereocenters. The number of amides is 1. The summed E-state index contributed by atoms with van der Waals surface area (Å²) in [5.41, 5.74) is 0.867. The van der Waals surface area contributed by atoms with Crippen molar-refractivity contribution in [3.8, 4) is 0 Å². The smallest absolute Gasteiger partial charge is 0.269 e. The maximum Gasteiger partial charge on any atom is 0.269 e. The number of rotatable bonds is 3. The third kappa shape index (κ3) is 3.35. The average Bonchev–Trinajstić information content (AvgIpc) is 2.85. The van der Waals surface area contributed by atoms with Gasteiger partial charge >= 0.3 is 0 Å². The van der Waals surface area contributed by atoms with Crippen LogP contribution in [0.15, 0.2) is 27.7 Å². The maximum absolute atomic E-state index is 11.9. The molecule has 0 fully saturated rings. The second kappa shape index (κ2) is 5.76. The lowest BCUT2D eigenvalue weighted by atomic mass is 10.2. The summed E-state index contributed by atoms with van der Waals surface area (Å²) < 4.78 is 26.7. The summed E-state index contributed by atoms with van der Waals surface area (Å²) in [5, 5.41) is 6.21. The molecule has 1 N–H and O–H groups in total. The number of halogens is 2. The van der Waals surface area contributed by atoms with Crippen molar-refractivity contribution < 1.29 is 13.2 Å². The molecule has 1 aromatic heterocycles. The van der Waals surface area contributed by atoms with Gasteiger partial charge in [-0.15, -0.1) is 5.10 Å². The van der Waals surface area contributed by atoms with Crippen LogP contribution in [0.4, 0.5) is 5.69 Å². The molecule has 0 saturated carbocycles. The van der Waals surface area contributed by atoms with E-state index < -0.39 is 9.05 Å². The van der Waals surface area contributed by atoms with Crippen molar-refractivity contribution in [1.29, 1.82) is 0 Å². The van der Waals surface area contributed by atoms with E-state index in [1.807, 2.05) is 0 Å². The third-order valence-electron chi connectivity index (χ3n) is 2.36. The van der Waals surface area contributed by atoms with E-state index >= 15 is 0 Å². The van der Waals surface area contributed by atoms with Crippen molar-refractivity contribution in [3.05, 3.63) is 33.2 Å². The van der Waals surface area contributed by atoms with Gasteiger partial charge in [-0.25, -0.2) is 8.42 Å². The predicted octanol–water partition coefficient (Wildman–Crippen LogP) is 2.79. The van der Waals surface area contributed by atoms with Crippen molar-refractivity contribution in [3.63, 3.8) is 0 Å². The summed E-state index contributed by atoms with van der Waals surface area (Å²) in [5.74, 6) is -0.374. The molecule has 0 aliphatic rings. The molecule has 106 valence electrons. The molecule has 0 aliphatic carbocycles. The molecule has 10 heteroatoms. The van der Waals surface area contributed by atoms with Crippen molar-refractivity contribution in [1.82, 2.24) is 9.59 Å². The Morgan fingerprint density at radius 3 is 2.70 bits per heavy atom. The summed E-state index contributed by atoms with van der Waals surface area (Å²) in [6.07, 6.45) is 1.35. The first kappa shape index (κ1) is 15.4. The lowest BCUT2D eigenvalue weighted by Crippen LogP contribution is -2.11. The van der Waals surface area contributed by atoms with Gasteiger partial charge in [0.05, 0.1) is 16.8 Å². The first-order valence-electron chi connectivity index (χ1n) is 5.12. The Bertz CT molecular complexity index is 762. The molecular weight excluding hydrogens is 390 g/mol. The van der Waals surface area contributed by atoms with Crippen LogP contribution in [0.2, 0.25) is 0 Å². The number of aryl methyl sites for hydroxylation is 1. The Morgan fingerprint density at radius 2 is 2.15 bits per heavy atom. The number of hydrogen-bond donors (Lipinski definition) is 1. The Morgan fingerprint density at radius 1 is 1.45 bits per heavy atom. The van der Waals surface area contributed by atoms with Crippen LogP contribution in [0.5, 0.6) is 0 Å².